The summed E-state index contributed by atoms with van der Waals surface area (Å²) >= 11 is 1.36. The molecule has 1 fully saturated rings. The number of rotatable bonds is 4. The van der Waals surface area contributed by atoms with Crippen LogP contribution in [0.1, 0.15) is 5.56 Å². The van der Waals surface area contributed by atoms with Gasteiger partial charge in [0, 0.05) is 18.1 Å². The first-order valence-corrected chi connectivity index (χ1v) is 8.67. The summed E-state index contributed by atoms with van der Waals surface area (Å²) in [6, 6.07) is 2.32. The zero-order chi connectivity index (χ0) is 16.6. The number of benzene rings is 1. The van der Waals surface area contributed by atoms with Crippen LogP contribution in [0.4, 0.5) is 15.2 Å². The molecule has 3 rings (SSSR count). The minimum atomic E-state index is -4.19. The molecule has 1 aliphatic rings. The van der Waals surface area contributed by atoms with Crippen LogP contribution in [-0.4, -0.2) is 31.0 Å². The Bertz CT molecular complexity index is 831. The van der Waals surface area contributed by atoms with E-state index in [1.165, 1.54) is 17.4 Å². The SMILES string of the molecule is O=C1CN(c2c(O)cc(CNc3nccs3)cc2F)S(=O)(=O)N1. The van der Waals surface area contributed by atoms with Gasteiger partial charge in [0.25, 0.3) is 5.91 Å². The Labute approximate surface area is 134 Å². The smallest absolute Gasteiger partial charge is 0.326 e. The predicted octanol–water partition coefficient (Wildman–Crippen LogP) is 0.781. The molecule has 1 amide bonds. The van der Waals surface area contributed by atoms with Crippen LogP contribution in [0, 0.1) is 5.82 Å². The molecule has 1 saturated heterocycles. The van der Waals surface area contributed by atoms with E-state index in [9.17, 15) is 22.7 Å². The first-order chi connectivity index (χ1) is 10.9. The first-order valence-electron chi connectivity index (χ1n) is 6.35. The van der Waals surface area contributed by atoms with Gasteiger partial charge in [0.05, 0.1) is 0 Å². The van der Waals surface area contributed by atoms with Crippen molar-refractivity contribution in [3.63, 3.8) is 0 Å². The van der Waals surface area contributed by atoms with Crippen LogP contribution in [0.25, 0.3) is 0 Å². The van der Waals surface area contributed by atoms with E-state index in [0.29, 0.717) is 15.0 Å². The number of phenols is 1. The minimum absolute atomic E-state index is 0.197. The number of halogens is 1. The van der Waals surface area contributed by atoms with E-state index >= 15 is 0 Å². The number of hydrogen-bond donors (Lipinski definition) is 3. The van der Waals surface area contributed by atoms with Crippen LogP contribution >= 0.6 is 11.3 Å². The number of anilines is 2. The normalized spacial score (nSPS) is 16.4. The Hall–Kier alpha value is -2.40. The number of phenolic OH excluding ortho intramolecular Hbond substituents is 1. The van der Waals surface area contributed by atoms with Crippen molar-refractivity contribution in [1.82, 2.24) is 9.71 Å². The fourth-order valence-electron chi connectivity index (χ4n) is 2.12. The van der Waals surface area contributed by atoms with Gasteiger partial charge in [-0.2, -0.15) is 8.42 Å². The number of nitrogens with one attached hydrogen (secondary N) is 2. The van der Waals surface area contributed by atoms with Crippen molar-refractivity contribution < 1.29 is 22.7 Å². The number of hydrogen-bond acceptors (Lipinski definition) is 7. The fraction of sp³-hybridized carbons (Fsp3) is 0.167. The molecule has 0 spiro atoms. The van der Waals surface area contributed by atoms with Crippen molar-refractivity contribution in [3.8, 4) is 5.75 Å². The van der Waals surface area contributed by atoms with Crippen LogP contribution in [0.15, 0.2) is 23.7 Å². The molecule has 0 radical (unpaired) electrons. The Morgan fingerprint density at radius 3 is 2.83 bits per heavy atom. The van der Waals surface area contributed by atoms with Crippen molar-refractivity contribution in [3.05, 3.63) is 35.1 Å². The number of carbonyl (C=O) groups excluding carboxylic acids is 1. The first kappa shape index (κ1) is 15.5. The molecule has 3 N–H and O–H groups in total. The molecule has 0 atom stereocenters. The summed E-state index contributed by atoms with van der Waals surface area (Å²) in [6.07, 6.45) is 1.61. The van der Waals surface area contributed by atoms with E-state index in [-0.39, 0.29) is 6.54 Å². The summed E-state index contributed by atoms with van der Waals surface area (Å²) in [4.78, 5) is 15.2. The van der Waals surface area contributed by atoms with Gasteiger partial charge in [-0.15, -0.1) is 11.3 Å². The number of nitrogens with zero attached hydrogens (tertiary/aromatic N) is 2. The van der Waals surface area contributed by atoms with Gasteiger partial charge in [-0.05, 0) is 17.7 Å². The highest BCUT2D eigenvalue weighted by Gasteiger charge is 2.37. The quantitative estimate of drug-likeness (QED) is 0.745. The molecule has 122 valence electrons. The van der Waals surface area contributed by atoms with Crippen molar-refractivity contribution in [2.24, 2.45) is 0 Å². The lowest BCUT2D eigenvalue weighted by Gasteiger charge is -2.17. The van der Waals surface area contributed by atoms with Gasteiger partial charge in [0.2, 0.25) is 0 Å². The summed E-state index contributed by atoms with van der Waals surface area (Å²) in [5.41, 5.74) is -0.156. The number of aromatic hydroxyl groups is 1. The lowest BCUT2D eigenvalue weighted by atomic mass is 10.1. The highest BCUT2D eigenvalue weighted by molar-refractivity contribution is 7.92. The summed E-state index contributed by atoms with van der Waals surface area (Å²) in [6.45, 7) is -0.383. The van der Waals surface area contributed by atoms with E-state index in [1.807, 2.05) is 0 Å². The lowest BCUT2D eigenvalue weighted by Crippen LogP contribution is -2.30. The van der Waals surface area contributed by atoms with Crippen LogP contribution in [0.3, 0.4) is 0 Å². The van der Waals surface area contributed by atoms with Crippen LogP contribution < -0.4 is 14.3 Å². The second-order valence-corrected chi connectivity index (χ2v) is 7.16. The van der Waals surface area contributed by atoms with Crippen LogP contribution in [0.5, 0.6) is 5.75 Å². The van der Waals surface area contributed by atoms with Gasteiger partial charge in [-0.3, -0.25) is 4.79 Å². The van der Waals surface area contributed by atoms with Gasteiger partial charge in [-0.25, -0.2) is 18.4 Å². The summed E-state index contributed by atoms with van der Waals surface area (Å²) in [7, 11) is -4.19. The third kappa shape index (κ3) is 3.05. The maximum Gasteiger partial charge on any atom is 0.326 e. The standard InChI is InChI=1S/C12H11FN4O4S2/c13-8-3-7(5-15-12-14-1-2-22-12)4-9(18)11(8)17-6-10(19)16-23(17,20)21/h1-4,18H,5-6H2,(H,14,15)(H,16,19). The van der Waals surface area contributed by atoms with Gasteiger partial charge < -0.3 is 10.4 Å². The van der Waals surface area contributed by atoms with Crippen LogP contribution in [-0.2, 0) is 21.5 Å². The van der Waals surface area contributed by atoms with E-state index in [1.54, 1.807) is 16.3 Å². The van der Waals surface area contributed by atoms with E-state index in [0.717, 1.165) is 6.07 Å². The highest BCUT2D eigenvalue weighted by Crippen LogP contribution is 2.34. The number of amides is 1. The second kappa shape index (κ2) is 5.66. The van der Waals surface area contributed by atoms with Gasteiger partial charge >= 0.3 is 10.2 Å². The molecule has 0 aliphatic carbocycles. The van der Waals surface area contributed by atoms with E-state index < -0.39 is 39.9 Å². The molecule has 2 aromatic rings. The third-order valence-corrected chi connectivity index (χ3v) is 5.16. The van der Waals surface area contributed by atoms with Gasteiger partial charge in [0.15, 0.2) is 10.9 Å². The molecule has 8 nitrogen and oxygen atoms in total. The Morgan fingerprint density at radius 1 is 1.48 bits per heavy atom. The summed E-state index contributed by atoms with van der Waals surface area (Å²) in [5, 5.41) is 15.3. The Balaban J connectivity index is 1.87. The van der Waals surface area contributed by atoms with Crippen molar-refractivity contribution in [2.75, 3.05) is 16.2 Å². The average molecular weight is 358 g/mol. The molecule has 0 bridgehead atoms. The van der Waals surface area contributed by atoms with Gasteiger partial charge in [0.1, 0.15) is 18.0 Å². The molecular formula is C12H11FN4O4S2. The third-order valence-electron chi connectivity index (χ3n) is 3.05. The molecule has 23 heavy (non-hydrogen) atoms. The maximum atomic E-state index is 14.3. The van der Waals surface area contributed by atoms with Crippen LogP contribution in [0.2, 0.25) is 0 Å². The zero-order valence-corrected chi connectivity index (χ0v) is 13.1. The predicted molar refractivity (Wildman–Crippen MR) is 81.9 cm³/mol. The second-order valence-electron chi connectivity index (χ2n) is 4.67. The summed E-state index contributed by atoms with van der Waals surface area (Å²) < 4.78 is 39.9. The van der Waals surface area contributed by atoms with Crippen molar-refractivity contribution >= 4 is 38.3 Å². The zero-order valence-electron chi connectivity index (χ0n) is 11.5. The summed E-state index contributed by atoms with van der Waals surface area (Å²) in [5.74, 6) is -2.31. The van der Waals surface area contributed by atoms with Gasteiger partial charge in [-0.1, -0.05) is 0 Å². The Kier molecular flexibility index (Phi) is 3.82. The fourth-order valence-corrected chi connectivity index (χ4v) is 3.82. The largest absolute Gasteiger partial charge is 0.506 e. The molecular weight excluding hydrogens is 347 g/mol. The molecule has 1 aliphatic heterocycles. The lowest BCUT2D eigenvalue weighted by molar-refractivity contribution is -0.117. The molecule has 11 heteroatoms. The molecule has 0 saturated carbocycles. The van der Waals surface area contributed by atoms with Crippen molar-refractivity contribution in [2.45, 2.75) is 6.54 Å². The maximum absolute atomic E-state index is 14.3. The Morgan fingerprint density at radius 2 is 2.26 bits per heavy atom. The monoisotopic (exact) mass is 358 g/mol. The molecule has 2 heterocycles. The average Bonchev–Trinajstić information content (AvgIpc) is 3.04. The minimum Gasteiger partial charge on any atom is -0.506 e. The molecule has 0 unspecified atom stereocenters. The van der Waals surface area contributed by atoms with E-state index in [2.05, 4.69) is 10.3 Å². The number of thiazole rings is 1. The molecule has 1 aromatic carbocycles. The van der Waals surface area contributed by atoms with E-state index in [4.69, 9.17) is 0 Å². The molecule has 1 aromatic heterocycles. The topological polar surface area (TPSA) is 112 Å². The number of aromatic nitrogens is 1. The highest BCUT2D eigenvalue weighted by atomic mass is 32.2. The van der Waals surface area contributed by atoms with Crippen molar-refractivity contribution in [1.29, 1.82) is 0 Å². The number of carbonyl (C=O) groups is 1.